The number of aliphatic carboxylic acids is 1. The van der Waals surface area contributed by atoms with E-state index in [1.54, 1.807) is 13.8 Å². The number of carboxylic acids is 1. The summed E-state index contributed by atoms with van der Waals surface area (Å²) in [6.07, 6.45) is 8.06. The number of hydrogen-bond donors (Lipinski definition) is 7. The Morgan fingerprint density at radius 2 is 1.42 bits per heavy atom. The fraction of sp³-hybridized carbons (Fsp3) is 0.545. The molecule has 36 heavy (non-hydrogen) atoms. The van der Waals surface area contributed by atoms with Gasteiger partial charge < -0.3 is 36.8 Å². The van der Waals surface area contributed by atoms with E-state index in [1.165, 1.54) is 36.8 Å². The van der Waals surface area contributed by atoms with Gasteiger partial charge in [-0.1, -0.05) is 13.8 Å². The van der Waals surface area contributed by atoms with E-state index in [4.69, 9.17) is 5.73 Å². The normalized spacial score (nSPS) is 14.5. The van der Waals surface area contributed by atoms with Crippen LogP contribution in [0.15, 0.2) is 25.0 Å². The number of carboxylic acid groups (broad SMARTS) is 1. The number of rotatable bonds is 15. The average Bonchev–Trinajstić information content (AvgIpc) is 3.54. The molecule has 4 unspecified atom stereocenters. The van der Waals surface area contributed by atoms with E-state index in [-0.39, 0.29) is 25.2 Å². The van der Waals surface area contributed by atoms with Crippen molar-refractivity contribution in [3.05, 3.63) is 36.4 Å². The van der Waals surface area contributed by atoms with Crippen molar-refractivity contribution in [3.63, 3.8) is 0 Å². The Labute approximate surface area is 213 Å². The van der Waals surface area contributed by atoms with E-state index in [2.05, 4.69) is 35.9 Å². The second-order valence-electron chi connectivity index (χ2n) is 8.63. The third-order valence-corrected chi connectivity index (χ3v) is 6.11. The highest BCUT2D eigenvalue weighted by atomic mass is 32.2. The molecule has 2 aromatic heterocycles. The first-order valence-corrected chi connectivity index (χ1v) is 12.8. The average molecular weight is 523 g/mol. The zero-order valence-electron chi connectivity index (χ0n) is 20.5. The van der Waals surface area contributed by atoms with Gasteiger partial charge in [-0.2, -0.15) is 11.8 Å². The molecule has 14 heteroatoms. The molecule has 0 aromatic carbocycles. The van der Waals surface area contributed by atoms with Crippen molar-refractivity contribution in [3.8, 4) is 0 Å². The minimum absolute atomic E-state index is 0.00410. The third kappa shape index (κ3) is 9.00. The van der Waals surface area contributed by atoms with Crippen LogP contribution in [0.5, 0.6) is 0 Å². The molecule has 0 aliphatic rings. The summed E-state index contributed by atoms with van der Waals surface area (Å²) in [6.45, 7) is 3.58. The summed E-state index contributed by atoms with van der Waals surface area (Å²) in [5.74, 6) is -2.58. The van der Waals surface area contributed by atoms with E-state index in [9.17, 15) is 24.3 Å². The van der Waals surface area contributed by atoms with Crippen molar-refractivity contribution in [1.29, 1.82) is 0 Å². The number of aromatic nitrogens is 4. The van der Waals surface area contributed by atoms with Gasteiger partial charge in [-0.05, 0) is 24.3 Å². The summed E-state index contributed by atoms with van der Waals surface area (Å²) in [4.78, 5) is 64.1. The lowest BCUT2D eigenvalue weighted by Gasteiger charge is -2.25. The number of carbonyl (C=O) groups is 4. The van der Waals surface area contributed by atoms with Gasteiger partial charge in [0.25, 0.3) is 0 Å². The van der Waals surface area contributed by atoms with E-state index in [0.29, 0.717) is 17.1 Å². The predicted molar refractivity (Wildman–Crippen MR) is 134 cm³/mol. The zero-order chi connectivity index (χ0) is 26.7. The molecule has 8 N–H and O–H groups in total. The molecule has 3 amide bonds. The van der Waals surface area contributed by atoms with Gasteiger partial charge in [-0.15, -0.1) is 0 Å². The highest BCUT2D eigenvalue weighted by molar-refractivity contribution is 7.98. The van der Waals surface area contributed by atoms with Gasteiger partial charge in [0, 0.05) is 36.6 Å². The summed E-state index contributed by atoms with van der Waals surface area (Å²) >= 11 is 1.47. The maximum absolute atomic E-state index is 13.2. The first-order chi connectivity index (χ1) is 17.1. The smallest absolute Gasteiger partial charge is 0.326 e. The van der Waals surface area contributed by atoms with E-state index < -0.39 is 47.9 Å². The van der Waals surface area contributed by atoms with Crippen LogP contribution in [-0.4, -0.2) is 84.9 Å². The predicted octanol–water partition coefficient (Wildman–Crippen LogP) is -0.807. The standard InChI is InChI=1S/C22H34N8O5S/c1-12(2)18(23)21(33)29-16(6-13-8-24-10-26-13)20(32)28-15(4-5-36-3)19(31)30-17(22(34)35)7-14-9-25-11-27-14/h8-12,15-18H,4-7,23H2,1-3H3,(H,24,26)(H,25,27)(H,28,32)(H,29,33)(H,30,31)(H,34,35). The molecule has 0 bridgehead atoms. The maximum Gasteiger partial charge on any atom is 0.326 e. The summed E-state index contributed by atoms with van der Waals surface area (Å²) in [5.41, 5.74) is 7.08. The van der Waals surface area contributed by atoms with Gasteiger partial charge in [0.2, 0.25) is 17.7 Å². The van der Waals surface area contributed by atoms with E-state index in [1.807, 2.05) is 6.26 Å². The Morgan fingerprint density at radius 3 is 1.89 bits per heavy atom. The Morgan fingerprint density at radius 1 is 0.917 bits per heavy atom. The first kappa shape index (κ1) is 28.8. The molecule has 0 saturated carbocycles. The largest absolute Gasteiger partial charge is 0.480 e. The number of amides is 3. The SMILES string of the molecule is CSCCC(NC(=O)C(Cc1cnc[nH]1)NC(=O)C(N)C(C)C)C(=O)NC(Cc1cnc[nH]1)C(=O)O. The van der Waals surface area contributed by atoms with Gasteiger partial charge in [0.1, 0.15) is 18.1 Å². The number of nitrogens with one attached hydrogen (secondary N) is 5. The van der Waals surface area contributed by atoms with Crippen LogP contribution in [0.3, 0.4) is 0 Å². The van der Waals surface area contributed by atoms with Crippen LogP contribution in [-0.2, 0) is 32.0 Å². The van der Waals surface area contributed by atoms with Crippen LogP contribution in [0.2, 0.25) is 0 Å². The molecule has 0 aliphatic carbocycles. The Kier molecular flexibility index (Phi) is 11.4. The van der Waals surface area contributed by atoms with Crippen molar-refractivity contribution in [2.75, 3.05) is 12.0 Å². The van der Waals surface area contributed by atoms with Gasteiger partial charge in [-0.3, -0.25) is 14.4 Å². The van der Waals surface area contributed by atoms with Crippen LogP contribution < -0.4 is 21.7 Å². The van der Waals surface area contributed by atoms with E-state index >= 15 is 0 Å². The van der Waals surface area contributed by atoms with Crippen LogP contribution in [0, 0.1) is 5.92 Å². The van der Waals surface area contributed by atoms with Gasteiger partial charge in [-0.25, -0.2) is 14.8 Å². The second-order valence-corrected chi connectivity index (χ2v) is 9.62. The number of H-pyrrole nitrogens is 2. The number of nitrogens with two attached hydrogens (primary N) is 1. The Balaban J connectivity index is 2.16. The Bertz CT molecular complexity index is 983. The maximum atomic E-state index is 13.2. The summed E-state index contributed by atoms with van der Waals surface area (Å²) in [6, 6.07) is -4.10. The zero-order valence-corrected chi connectivity index (χ0v) is 21.3. The summed E-state index contributed by atoms with van der Waals surface area (Å²) in [7, 11) is 0. The molecule has 2 heterocycles. The van der Waals surface area contributed by atoms with E-state index in [0.717, 1.165) is 0 Å². The third-order valence-electron chi connectivity index (χ3n) is 5.47. The molecule has 0 saturated heterocycles. The van der Waals surface area contributed by atoms with Crippen LogP contribution >= 0.6 is 11.8 Å². The summed E-state index contributed by atoms with van der Waals surface area (Å²) in [5, 5.41) is 17.4. The molecular formula is C22H34N8O5S. The van der Waals surface area contributed by atoms with Crippen molar-refractivity contribution in [2.24, 2.45) is 11.7 Å². The van der Waals surface area contributed by atoms with Gasteiger partial charge >= 0.3 is 5.97 Å². The lowest BCUT2D eigenvalue weighted by molar-refractivity contribution is -0.142. The molecule has 2 rings (SSSR count). The molecule has 13 nitrogen and oxygen atoms in total. The lowest BCUT2D eigenvalue weighted by Crippen LogP contribution is -2.58. The summed E-state index contributed by atoms with van der Waals surface area (Å²) < 4.78 is 0. The van der Waals surface area contributed by atoms with Crippen LogP contribution in [0.25, 0.3) is 0 Å². The van der Waals surface area contributed by atoms with Crippen molar-refractivity contribution < 1.29 is 24.3 Å². The quantitative estimate of drug-likeness (QED) is 0.156. The van der Waals surface area contributed by atoms with Crippen LogP contribution in [0.1, 0.15) is 31.7 Å². The number of thioether (sulfide) groups is 1. The molecule has 2 aromatic rings. The molecule has 0 spiro atoms. The molecule has 4 atom stereocenters. The Hall–Kier alpha value is -3.39. The van der Waals surface area contributed by atoms with Crippen molar-refractivity contribution >= 4 is 35.5 Å². The highest BCUT2D eigenvalue weighted by Gasteiger charge is 2.31. The van der Waals surface area contributed by atoms with Gasteiger partial charge in [0.05, 0.1) is 18.7 Å². The topological polar surface area (TPSA) is 208 Å². The fourth-order valence-corrected chi connectivity index (χ4v) is 3.73. The number of carbonyl (C=O) groups excluding carboxylic acids is 3. The van der Waals surface area contributed by atoms with Crippen LogP contribution in [0.4, 0.5) is 0 Å². The van der Waals surface area contributed by atoms with Crippen molar-refractivity contribution in [2.45, 2.75) is 57.3 Å². The molecule has 0 radical (unpaired) electrons. The first-order valence-electron chi connectivity index (χ1n) is 11.4. The minimum atomic E-state index is -1.23. The molecule has 0 fully saturated rings. The second kappa shape index (κ2) is 14.2. The number of hydrogen-bond acceptors (Lipinski definition) is 8. The minimum Gasteiger partial charge on any atom is -0.480 e. The number of imidazole rings is 2. The van der Waals surface area contributed by atoms with Gasteiger partial charge in [0.15, 0.2) is 0 Å². The molecular weight excluding hydrogens is 488 g/mol. The number of nitrogens with zero attached hydrogens (tertiary/aromatic N) is 2. The number of aromatic amines is 2. The van der Waals surface area contributed by atoms with Crippen molar-refractivity contribution in [1.82, 2.24) is 35.9 Å². The highest BCUT2D eigenvalue weighted by Crippen LogP contribution is 2.07. The fourth-order valence-electron chi connectivity index (χ4n) is 3.26. The molecule has 0 aliphatic heterocycles. The lowest BCUT2D eigenvalue weighted by atomic mass is 10.0. The monoisotopic (exact) mass is 522 g/mol. The molecule has 198 valence electrons.